The molecule has 2 rings (SSSR count). The molecule has 1 N–H and O–H groups in total. The van der Waals surface area contributed by atoms with E-state index in [4.69, 9.17) is 0 Å². The van der Waals surface area contributed by atoms with Gasteiger partial charge in [-0.1, -0.05) is 37.3 Å². The van der Waals surface area contributed by atoms with E-state index in [0.717, 1.165) is 31.0 Å². The molecule has 3 heteroatoms. The molecule has 1 aromatic carbocycles. The lowest BCUT2D eigenvalue weighted by molar-refractivity contribution is -0.116. The number of amides is 1. The molecule has 0 unspecified atom stereocenters. The first-order chi connectivity index (χ1) is 10.2. The molecule has 1 aromatic rings. The minimum absolute atomic E-state index is 0.00822. The largest absolute Gasteiger partial charge is 0.353 e. The van der Waals surface area contributed by atoms with Crippen LogP contribution in [0.3, 0.4) is 0 Å². The van der Waals surface area contributed by atoms with E-state index in [1.54, 1.807) is 6.08 Å². The highest BCUT2D eigenvalue weighted by Gasteiger charge is 2.14. The number of nitrogens with one attached hydrogen (secondary N) is 1. The topological polar surface area (TPSA) is 32.3 Å². The smallest absolute Gasteiger partial charge is 0.243 e. The number of piperidine rings is 1. The molecule has 1 amide bonds. The van der Waals surface area contributed by atoms with Gasteiger partial charge in [0.2, 0.25) is 5.91 Å². The number of carbonyl (C=O) groups excluding carboxylic acids is 1. The molecule has 3 nitrogen and oxygen atoms in total. The van der Waals surface area contributed by atoms with Crippen molar-refractivity contribution in [3.8, 4) is 0 Å². The predicted molar refractivity (Wildman–Crippen MR) is 87.9 cm³/mol. The molecule has 0 aromatic heterocycles. The highest BCUT2D eigenvalue weighted by molar-refractivity contribution is 5.91. The van der Waals surface area contributed by atoms with Crippen molar-refractivity contribution in [3.63, 3.8) is 0 Å². The maximum atomic E-state index is 11.7. The van der Waals surface area contributed by atoms with Crippen molar-refractivity contribution in [1.82, 2.24) is 10.2 Å². The van der Waals surface area contributed by atoms with Gasteiger partial charge in [-0.2, -0.15) is 0 Å². The lowest BCUT2D eigenvalue weighted by Gasteiger charge is -2.30. The van der Waals surface area contributed by atoms with Crippen LogP contribution >= 0.6 is 0 Å². The van der Waals surface area contributed by atoms with Crippen LogP contribution in [-0.2, 0) is 4.79 Å². The summed E-state index contributed by atoms with van der Waals surface area (Å²) in [6.07, 6.45) is 7.11. The Hall–Kier alpha value is -1.61. The quantitative estimate of drug-likeness (QED) is 0.644. The van der Waals surface area contributed by atoms with Gasteiger partial charge in [-0.25, -0.2) is 0 Å². The number of hydrogen-bond donors (Lipinski definition) is 1. The fourth-order valence-corrected chi connectivity index (χ4v) is 2.59. The molecule has 0 saturated carbocycles. The summed E-state index contributed by atoms with van der Waals surface area (Å²) < 4.78 is 0. The van der Waals surface area contributed by atoms with Crippen molar-refractivity contribution in [2.24, 2.45) is 5.92 Å². The van der Waals surface area contributed by atoms with E-state index in [1.165, 1.54) is 25.9 Å². The van der Waals surface area contributed by atoms with Crippen LogP contribution in [0.15, 0.2) is 36.4 Å². The molecule has 0 radical (unpaired) electrons. The minimum atomic E-state index is -0.00822. The summed E-state index contributed by atoms with van der Waals surface area (Å²) in [5.41, 5.74) is 1.05. The second-order valence-corrected chi connectivity index (χ2v) is 5.91. The van der Waals surface area contributed by atoms with Gasteiger partial charge >= 0.3 is 0 Å². The Kier molecular flexibility index (Phi) is 6.48. The molecule has 1 fully saturated rings. The summed E-state index contributed by atoms with van der Waals surface area (Å²) in [5.74, 6) is 0.871. The van der Waals surface area contributed by atoms with Gasteiger partial charge in [0, 0.05) is 12.6 Å². The van der Waals surface area contributed by atoms with Crippen LogP contribution in [0.4, 0.5) is 0 Å². The van der Waals surface area contributed by atoms with Gasteiger partial charge in [-0.15, -0.1) is 0 Å². The summed E-state index contributed by atoms with van der Waals surface area (Å²) in [7, 11) is 0. The first kappa shape index (κ1) is 15.8. The van der Waals surface area contributed by atoms with Crippen molar-refractivity contribution in [2.45, 2.75) is 26.2 Å². The second kappa shape index (κ2) is 8.63. The number of hydrogen-bond acceptors (Lipinski definition) is 2. The number of rotatable bonds is 6. The lowest BCUT2D eigenvalue weighted by atomic mass is 9.99. The van der Waals surface area contributed by atoms with E-state index in [0.29, 0.717) is 0 Å². The van der Waals surface area contributed by atoms with Crippen LogP contribution in [0.5, 0.6) is 0 Å². The molecule has 21 heavy (non-hydrogen) atoms. The summed E-state index contributed by atoms with van der Waals surface area (Å²) >= 11 is 0. The van der Waals surface area contributed by atoms with Gasteiger partial charge in [0.1, 0.15) is 0 Å². The molecule has 0 aliphatic carbocycles. The standard InChI is InChI=1S/C18H26N2O/c1-16-10-14-20(15-11-16)13-5-12-19-18(21)9-8-17-6-3-2-4-7-17/h2-4,6-9,16H,5,10-15H2,1H3,(H,19,21)/b9-8+. The van der Waals surface area contributed by atoms with Gasteiger partial charge in [-0.05, 0) is 56.5 Å². The van der Waals surface area contributed by atoms with Gasteiger partial charge in [0.25, 0.3) is 0 Å². The SMILES string of the molecule is CC1CCN(CCCNC(=O)/C=C/c2ccccc2)CC1. The molecule has 1 aliphatic rings. The third-order valence-corrected chi connectivity index (χ3v) is 4.05. The lowest BCUT2D eigenvalue weighted by Crippen LogP contribution is -2.35. The Balaban J connectivity index is 1.58. The summed E-state index contributed by atoms with van der Waals surface area (Å²) in [6, 6.07) is 9.88. The van der Waals surface area contributed by atoms with Gasteiger partial charge < -0.3 is 10.2 Å². The first-order valence-electron chi connectivity index (χ1n) is 7.97. The van der Waals surface area contributed by atoms with Gasteiger partial charge in [0.15, 0.2) is 0 Å². The normalized spacial score (nSPS) is 17.2. The zero-order chi connectivity index (χ0) is 14.9. The summed E-state index contributed by atoms with van der Waals surface area (Å²) in [6.45, 7) is 6.60. The van der Waals surface area contributed by atoms with Crippen molar-refractivity contribution in [2.75, 3.05) is 26.2 Å². The van der Waals surface area contributed by atoms with Crippen molar-refractivity contribution < 1.29 is 4.79 Å². The van der Waals surface area contributed by atoms with E-state index in [1.807, 2.05) is 36.4 Å². The molecule has 114 valence electrons. The maximum absolute atomic E-state index is 11.7. The highest BCUT2D eigenvalue weighted by Crippen LogP contribution is 2.15. The molecular formula is C18H26N2O. The molecular weight excluding hydrogens is 260 g/mol. The number of benzene rings is 1. The van der Waals surface area contributed by atoms with Crippen molar-refractivity contribution in [1.29, 1.82) is 0 Å². The summed E-state index contributed by atoms with van der Waals surface area (Å²) in [4.78, 5) is 14.2. The molecule has 0 atom stereocenters. The van der Waals surface area contributed by atoms with Crippen LogP contribution in [-0.4, -0.2) is 37.0 Å². The fraction of sp³-hybridized carbons (Fsp3) is 0.500. The van der Waals surface area contributed by atoms with Crippen LogP contribution in [0.2, 0.25) is 0 Å². The van der Waals surface area contributed by atoms with E-state index in [-0.39, 0.29) is 5.91 Å². The first-order valence-corrected chi connectivity index (χ1v) is 7.97. The van der Waals surface area contributed by atoms with E-state index in [9.17, 15) is 4.79 Å². The van der Waals surface area contributed by atoms with E-state index >= 15 is 0 Å². The van der Waals surface area contributed by atoms with Crippen LogP contribution in [0.25, 0.3) is 6.08 Å². The van der Waals surface area contributed by atoms with E-state index < -0.39 is 0 Å². The van der Waals surface area contributed by atoms with Crippen LogP contribution in [0.1, 0.15) is 31.7 Å². The van der Waals surface area contributed by atoms with Gasteiger partial charge in [-0.3, -0.25) is 4.79 Å². The minimum Gasteiger partial charge on any atom is -0.353 e. The highest BCUT2D eigenvalue weighted by atomic mass is 16.1. The fourth-order valence-electron chi connectivity index (χ4n) is 2.59. The Morgan fingerprint density at radius 2 is 2.00 bits per heavy atom. The molecule has 0 spiro atoms. The van der Waals surface area contributed by atoms with Crippen molar-refractivity contribution in [3.05, 3.63) is 42.0 Å². The zero-order valence-electron chi connectivity index (χ0n) is 12.9. The van der Waals surface area contributed by atoms with E-state index in [2.05, 4.69) is 17.1 Å². The molecule has 1 aliphatic heterocycles. The molecule has 1 saturated heterocycles. The third kappa shape index (κ3) is 6.13. The third-order valence-electron chi connectivity index (χ3n) is 4.05. The number of likely N-dealkylation sites (tertiary alicyclic amines) is 1. The average molecular weight is 286 g/mol. The Morgan fingerprint density at radius 1 is 1.29 bits per heavy atom. The maximum Gasteiger partial charge on any atom is 0.243 e. The predicted octanol–water partition coefficient (Wildman–Crippen LogP) is 2.94. The van der Waals surface area contributed by atoms with Crippen LogP contribution < -0.4 is 5.32 Å². The Morgan fingerprint density at radius 3 is 2.71 bits per heavy atom. The zero-order valence-corrected chi connectivity index (χ0v) is 12.9. The average Bonchev–Trinajstić information content (AvgIpc) is 2.52. The Bertz CT molecular complexity index is 448. The number of nitrogens with zero attached hydrogens (tertiary/aromatic N) is 1. The molecule has 0 bridgehead atoms. The Labute approximate surface area is 128 Å². The monoisotopic (exact) mass is 286 g/mol. The molecule has 1 heterocycles. The number of carbonyl (C=O) groups is 1. The second-order valence-electron chi connectivity index (χ2n) is 5.91. The summed E-state index contributed by atoms with van der Waals surface area (Å²) in [5, 5.41) is 2.95. The van der Waals surface area contributed by atoms with Gasteiger partial charge in [0.05, 0.1) is 0 Å². The van der Waals surface area contributed by atoms with Crippen LogP contribution in [0, 0.1) is 5.92 Å². The van der Waals surface area contributed by atoms with Crippen molar-refractivity contribution >= 4 is 12.0 Å².